The molecule has 0 saturated carbocycles. The van der Waals surface area contributed by atoms with E-state index in [9.17, 15) is 4.79 Å². The minimum absolute atomic E-state index is 0.222. The monoisotopic (exact) mass is 339 g/mol. The number of nitrogens with one attached hydrogen (secondary N) is 2. The number of hydrogen-bond acceptors (Lipinski definition) is 4. The van der Waals surface area contributed by atoms with Gasteiger partial charge in [-0.25, -0.2) is 9.78 Å². The topological polar surface area (TPSA) is 67.2 Å². The molecule has 0 spiro atoms. The molecule has 3 aromatic rings. The number of carbonyl (C=O) groups is 1. The lowest BCUT2D eigenvalue weighted by Gasteiger charge is -2.09. The highest BCUT2D eigenvalue weighted by molar-refractivity contribution is 7.98. The van der Waals surface area contributed by atoms with Gasteiger partial charge < -0.3 is 15.1 Å². The lowest BCUT2D eigenvalue weighted by atomic mass is 10.2. The predicted octanol–water partition coefficient (Wildman–Crippen LogP) is 4.39. The summed E-state index contributed by atoms with van der Waals surface area (Å²) in [5, 5.41) is 5.58. The molecule has 0 aliphatic rings. The molecule has 0 aliphatic carbocycles. The van der Waals surface area contributed by atoms with Crippen molar-refractivity contribution in [3.63, 3.8) is 0 Å². The van der Waals surface area contributed by atoms with E-state index in [0.717, 1.165) is 16.1 Å². The largest absolute Gasteiger partial charge is 0.439 e. The lowest BCUT2D eigenvalue weighted by molar-refractivity contribution is 0.250. The molecule has 3 rings (SSSR count). The van der Waals surface area contributed by atoms with Gasteiger partial charge in [0.15, 0.2) is 5.76 Å². The number of carbonyl (C=O) groups excluding carboxylic acids is 1. The summed E-state index contributed by atoms with van der Waals surface area (Å²) in [6.45, 7) is 0.222. The quantitative estimate of drug-likeness (QED) is 0.677. The van der Waals surface area contributed by atoms with Crippen LogP contribution in [0.2, 0.25) is 0 Å². The number of urea groups is 1. The zero-order valence-corrected chi connectivity index (χ0v) is 14.0. The average Bonchev–Trinajstić information content (AvgIpc) is 3.10. The number of amides is 2. The van der Waals surface area contributed by atoms with Crippen LogP contribution in [0.25, 0.3) is 11.3 Å². The van der Waals surface area contributed by atoms with Crippen LogP contribution < -0.4 is 10.6 Å². The van der Waals surface area contributed by atoms with E-state index in [1.165, 1.54) is 0 Å². The summed E-state index contributed by atoms with van der Waals surface area (Å²) in [6.07, 6.45) is 3.63. The van der Waals surface area contributed by atoms with E-state index in [2.05, 4.69) is 15.6 Å². The van der Waals surface area contributed by atoms with Crippen LogP contribution >= 0.6 is 11.8 Å². The van der Waals surface area contributed by atoms with E-state index in [4.69, 9.17) is 4.42 Å². The zero-order chi connectivity index (χ0) is 16.8. The smallest absolute Gasteiger partial charge is 0.319 e. The number of anilines is 1. The van der Waals surface area contributed by atoms with Crippen LogP contribution in [0.1, 0.15) is 5.89 Å². The molecule has 0 bridgehead atoms. The molecule has 2 N–H and O–H groups in total. The molecular formula is C18H17N3O2S. The van der Waals surface area contributed by atoms with Gasteiger partial charge in [-0.2, -0.15) is 0 Å². The van der Waals surface area contributed by atoms with Crippen molar-refractivity contribution in [2.75, 3.05) is 11.6 Å². The predicted molar refractivity (Wildman–Crippen MR) is 96.0 cm³/mol. The molecule has 2 aromatic carbocycles. The van der Waals surface area contributed by atoms with Crippen molar-refractivity contribution in [2.45, 2.75) is 11.4 Å². The van der Waals surface area contributed by atoms with Crippen molar-refractivity contribution in [1.29, 1.82) is 0 Å². The second-order valence-corrected chi connectivity index (χ2v) is 5.84. The van der Waals surface area contributed by atoms with Crippen molar-refractivity contribution in [3.05, 3.63) is 66.7 Å². The highest BCUT2D eigenvalue weighted by Gasteiger charge is 2.09. The Balaban J connectivity index is 1.58. The molecule has 0 aliphatic heterocycles. The number of benzene rings is 2. The average molecular weight is 339 g/mol. The summed E-state index contributed by atoms with van der Waals surface area (Å²) in [5.74, 6) is 1.14. The van der Waals surface area contributed by atoms with E-state index >= 15 is 0 Å². The number of nitrogens with zero attached hydrogens (tertiary/aromatic N) is 1. The van der Waals surface area contributed by atoms with E-state index in [-0.39, 0.29) is 12.6 Å². The minimum atomic E-state index is -0.295. The summed E-state index contributed by atoms with van der Waals surface area (Å²) in [7, 11) is 0. The maximum Gasteiger partial charge on any atom is 0.319 e. The number of para-hydroxylation sites is 1. The molecule has 1 aromatic heterocycles. The number of rotatable bonds is 5. The third-order valence-electron chi connectivity index (χ3n) is 3.37. The van der Waals surface area contributed by atoms with Crippen LogP contribution in [0.5, 0.6) is 0 Å². The van der Waals surface area contributed by atoms with Gasteiger partial charge >= 0.3 is 6.03 Å². The second-order valence-electron chi connectivity index (χ2n) is 4.99. The molecule has 0 saturated heterocycles. The van der Waals surface area contributed by atoms with Crippen LogP contribution in [0.15, 0.2) is 70.1 Å². The molecule has 1 heterocycles. The Hall–Kier alpha value is -2.73. The fourth-order valence-electron chi connectivity index (χ4n) is 2.20. The van der Waals surface area contributed by atoms with E-state index < -0.39 is 0 Å². The van der Waals surface area contributed by atoms with Crippen LogP contribution in [0.3, 0.4) is 0 Å². The summed E-state index contributed by atoms with van der Waals surface area (Å²) in [6, 6.07) is 17.1. The van der Waals surface area contributed by atoms with Crippen molar-refractivity contribution in [2.24, 2.45) is 0 Å². The number of hydrogen-bond donors (Lipinski definition) is 2. The van der Waals surface area contributed by atoms with Crippen molar-refractivity contribution < 1.29 is 9.21 Å². The lowest BCUT2D eigenvalue weighted by Crippen LogP contribution is -2.28. The van der Waals surface area contributed by atoms with Crippen LogP contribution in [0, 0.1) is 0 Å². The first-order valence-corrected chi connectivity index (χ1v) is 8.67. The Morgan fingerprint density at radius 2 is 1.88 bits per heavy atom. The molecule has 0 atom stereocenters. The van der Waals surface area contributed by atoms with E-state index in [1.807, 2.05) is 60.9 Å². The standard InChI is InChI=1S/C18H17N3O2S/c1-24-16-10-6-5-9-14(16)21-18(22)20-12-17-19-11-15(23-17)13-7-3-2-4-8-13/h2-11H,12H2,1H3,(H2,20,21,22). The van der Waals surface area contributed by atoms with Crippen LogP contribution in [0.4, 0.5) is 10.5 Å². The molecule has 0 unspecified atom stereocenters. The van der Waals surface area contributed by atoms with Gasteiger partial charge in [0.05, 0.1) is 18.4 Å². The molecule has 5 nitrogen and oxygen atoms in total. The maximum absolute atomic E-state index is 12.0. The van der Waals surface area contributed by atoms with Gasteiger partial charge in [-0.1, -0.05) is 42.5 Å². The molecule has 122 valence electrons. The van der Waals surface area contributed by atoms with E-state index in [0.29, 0.717) is 11.7 Å². The van der Waals surface area contributed by atoms with Crippen molar-refractivity contribution >= 4 is 23.5 Å². The van der Waals surface area contributed by atoms with Gasteiger partial charge in [0, 0.05) is 10.5 Å². The van der Waals surface area contributed by atoms with Gasteiger partial charge in [-0.05, 0) is 18.4 Å². The van der Waals surface area contributed by atoms with Crippen LogP contribution in [-0.4, -0.2) is 17.3 Å². The Morgan fingerprint density at radius 1 is 1.12 bits per heavy atom. The van der Waals surface area contributed by atoms with E-state index in [1.54, 1.807) is 18.0 Å². The van der Waals surface area contributed by atoms with Gasteiger partial charge in [-0.3, -0.25) is 0 Å². The molecule has 24 heavy (non-hydrogen) atoms. The number of aromatic nitrogens is 1. The second kappa shape index (κ2) is 7.70. The Morgan fingerprint density at radius 3 is 2.67 bits per heavy atom. The fourth-order valence-corrected chi connectivity index (χ4v) is 2.75. The van der Waals surface area contributed by atoms with Crippen molar-refractivity contribution in [1.82, 2.24) is 10.3 Å². The maximum atomic E-state index is 12.0. The van der Waals surface area contributed by atoms with Gasteiger partial charge in [0.25, 0.3) is 0 Å². The number of thioether (sulfide) groups is 1. The Kier molecular flexibility index (Phi) is 5.18. The molecular weight excluding hydrogens is 322 g/mol. The van der Waals surface area contributed by atoms with Crippen molar-refractivity contribution in [3.8, 4) is 11.3 Å². The molecule has 2 amide bonds. The Bertz CT molecular complexity index is 818. The molecule has 6 heteroatoms. The summed E-state index contributed by atoms with van der Waals surface area (Å²) < 4.78 is 5.66. The first-order valence-electron chi connectivity index (χ1n) is 7.44. The number of oxazole rings is 1. The van der Waals surface area contributed by atoms with Crippen LogP contribution in [-0.2, 0) is 6.54 Å². The third kappa shape index (κ3) is 3.97. The first kappa shape index (κ1) is 16.1. The summed E-state index contributed by atoms with van der Waals surface area (Å²) >= 11 is 1.58. The minimum Gasteiger partial charge on any atom is -0.439 e. The first-order chi connectivity index (χ1) is 11.8. The fraction of sp³-hybridized carbons (Fsp3) is 0.111. The Labute approximate surface area is 144 Å². The highest BCUT2D eigenvalue weighted by atomic mass is 32.2. The highest BCUT2D eigenvalue weighted by Crippen LogP contribution is 2.24. The van der Waals surface area contributed by atoms with Gasteiger partial charge in [-0.15, -0.1) is 11.8 Å². The zero-order valence-electron chi connectivity index (χ0n) is 13.2. The third-order valence-corrected chi connectivity index (χ3v) is 4.16. The molecule has 0 radical (unpaired) electrons. The SMILES string of the molecule is CSc1ccccc1NC(=O)NCc1ncc(-c2ccccc2)o1. The summed E-state index contributed by atoms with van der Waals surface area (Å²) in [4.78, 5) is 17.2. The van der Waals surface area contributed by atoms with Gasteiger partial charge in [0.1, 0.15) is 0 Å². The normalized spacial score (nSPS) is 10.4. The van der Waals surface area contributed by atoms with Gasteiger partial charge in [0.2, 0.25) is 5.89 Å². The molecule has 0 fully saturated rings. The summed E-state index contributed by atoms with van der Waals surface area (Å²) in [5.41, 5.74) is 1.73.